The maximum atomic E-state index is 16.6. The number of pyridine rings is 1. The Kier molecular flexibility index (Phi) is 5.97. The molecule has 1 N–H and O–H groups in total. The number of hydrogen-bond donors (Lipinski definition) is 1. The van der Waals surface area contributed by atoms with Crippen LogP contribution in [0.1, 0.15) is 38.5 Å². The number of piperazine rings is 1. The van der Waals surface area contributed by atoms with Crippen molar-refractivity contribution in [3.8, 4) is 17.3 Å². The van der Waals surface area contributed by atoms with Crippen LogP contribution in [0.4, 0.5) is 10.2 Å². The molecule has 206 valence electrons. The Hall–Kier alpha value is -2.88. The van der Waals surface area contributed by atoms with Crippen LogP contribution in [-0.2, 0) is 0 Å². The SMILES string of the molecule is Fc1c(-c2cccc3cccc(Br)c23)ncc2c(N3CC4CCC(C3)N4)nc(OCC34CCCN3CCC4)nc12. The molecule has 8 rings (SSSR count). The Balaban J connectivity index is 1.25. The zero-order valence-corrected chi connectivity index (χ0v) is 24.0. The van der Waals surface area contributed by atoms with Crippen LogP contribution >= 0.6 is 15.9 Å². The summed E-state index contributed by atoms with van der Waals surface area (Å²) in [7, 11) is 0. The third kappa shape index (κ3) is 4.00. The van der Waals surface area contributed by atoms with Crippen LogP contribution in [0.2, 0.25) is 0 Å². The fraction of sp³-hybridized carbons (Fsp3) is 0.452. The highest BCUT2D eigenvalue weighted by Crippen LogP contribution is 2.40. The van der Waals surface area contributed by atoms with Crippen molar-refractivity contribution in [2.75, 3.05) is 37.7 Å². The fourth-order valence-electron chi connectivity index (χ4n) is 7.64. The molecule has 2 atom stereocenters. The molecular formula is C31H32BrFN6O. The molecule has 2 bridgehead atoms. The monoisotopic (exact) mass is 602 g/mol. The lowest BCUT2D eigenvalue weighted by Crippen LogP contribution is -2.51. The standard InChI is InChI=1S/C31H32BrFN6O/c32-24-8-2-6-19-5-1-7-22(25(19)24)27-26(33)28-23(15-34-27)29(38-16-20-9-10-21(17-38)35-20)37-30(36-28)40-18-31-11-3-13-39(31)14-4-12-31/h1-2,5-8,15,20-21,35H,3-4,9-14,16-18H2. The van der Waals surface area contributed by atoms with Crippen LogP contribution in [0, 0.1) is 5.82 Å². The van der Waals surface area contributed by atoms with E-state index in [2.05, 4.69) is 31.0 Å². The Morgan fingerprint density at radius 3 is 2.55 bits per heavy atom. The molecule has 4 aliphatic rings. The van der Waals surface area contributed by atoms with Gasteiger partial charge in [-0.3, -0.25) is 9.88 Å². The van der Waals surface area contributed by atoms with Gasteiger partial charge in [0.15, 0.2) is 5.82 Å². The van der Waals surface area contributed by atoms with E-state index < -0.39 is 5.82 Å². The number of nitrogens with one attached hydrogen (secondary N) is 1. The van der Waals surface area contributed by atoms with Crippen LogP contribution in [0.5, 0.6) is 6.01 Å². The van der Waals surface area contributed by atoms with Gasteiger partial charge in [-0.2, -0.15) is 9.97 Å². The number of nitrogens with zero attached hydrogens (tertiary/aromatic N) is 5. The minimum atomic E-state index is -0.436. The second-order valence-corrected chi connectivity index (χ2v) is 12.8. The lowest BCUT2D eigenvalue weighted by Gasteiger charge is -2.34. The molecule has 7 nitrogen and oxygen atoms in total. The number of anilines is 1. The van der Waals surface area contributed by atoms with Gasteiger partial charge < -0.3 is 15.0 Å². The largest absolute Gasteiger partial charge is 0.461 e. The summed E-state index contributed by atoms with van der Waals surface area (Å²) in [4.78, 5) is 19.2. The van der Waals surface area contributed by atoms with Gasteiger partial charge in [-0.1, -0.05) is 46.3 Å². The molecule has 2 unspecified atom stereocenters. The highest BCUT2D eigenvalue weighted by atomic mass is 79.9. The molecule has 0 saturated carbocycles. The number of benzene rings is 2. The summed E-state index contributed by atoms with van der Waals surface area (Å²) in [5.41, 5.74) is 1.35. The lowest BCUT2D eigenvalue weighted by molar-refractivity contribution is 0.108. The minimum Gasteiger partial charge on any atom is -0.461 e. The van der Waals surface area contributed by atoms with E-state index in [1.807, 2.05) is 36.4 Å². The Labute approximate surface area is 241 Å². The minimum absolute atomic E-state index is 0.0593. The van der Waals surface area contributed by atoms with Gasteiger partial charge in [0.1, 0.15) is 23.6 Å². The maximum Gasteiger partial charge on any atom is 0.319 e. The maximum absolute atomic E-state index is 16.6. The van der Waals surface area contributed by atoms with E-state index in [0.717, 1.165) is 78.5 Å². The van der Waals surface area contributed by atoms with Crippen LogP contribution in [0.3, 0.4) is 0 Å². The van der Waals surface area contributed by atoms with Crippen LogP contribution in [0.25, 0.3) is 32.9 Å². The van der Waals surface area contributed by atoms with Gasteiger partial charge in [0.05, 0.1) is 10.9 Å². The summed E-state index contributed by atoms with van der Waals surface area (Å²) in [5, 5.41) is 6.28. The van der Waals surface area contributed by atoms with Crippen molar-refractivity contribution in [3.05, 3.63) is 52.9 Å². The zero-order valence-electron chi connectivity index (χ0n) is 22.4. The average molecular weight is 604 g/mol. The summed E-state index contributed by atoms with van der Waals surface area (Å²) >= 11 is 3.67. The predicted octanol–water partition coefficient (Wildman–Crippen LogP) is 5.69. The van der Waals surface area contributed by atoms with Gasteiger partial charge in [-0.05, 0) is 63.1 Å². The molecule has 9 heteroatoms. The van der Waals surface area contributed by atoms with E-state index in [0.29, 0.717) is 24.1 Å². The Bertz CT molecular complexity index is 1600. The summed E-state index contributed by atoms with van der Waals surface area (Å²) in [5.74, 6) is 0.288. The van der Waals surface area contributed by atoms with Crippen molar-refractivity contribution in [2.45, 2.75) is 56.1 Å². The third-order valence-electron chi connectivity index (χ3n) is 9.55. The van der Waals surface area contributed by atoms with Crippen LogP contribution < -0.4 is 15.0 Å². The van der Waals surface area contributed by atoms with Gasteiger partial charge in [0.25, 0.3) is 0 Å². The molecule has 0 spiro atoms. The normalized spacial score (nSPS) is 23.8. The van der Waals surface area contributed by atoms with Crippen LogP contribution in [-0.4, -0.2) is 70.3 Å². The molecule has 4 fully saturated rings. The summed E-state index contributed by atoms with van der Waals surface area (Å²) < 4.78 is 23.9. The smallest absolute Gasteiger partial charge is 0.319 e. The van der Waals surface area contributed by atoms with Crippen molar-refractivity contribution >= 4 is 43.4 Å². The van der Waals surface area contributed by atoms with Gasteiger partial charge in [-0.25, -0.2) is 4.39 Å². The van der Waals surface area contributed by atoms with Gasteiger partial charge >= 0.3 is 6.01 Å². The van der Waals surface area contributed by atoms with Crippen molar-refractivity contribution in [3.63, 3.8) is 0 Å². The van der Waals surface area contributed by atoms with E-state index in [-0.39, 0.29) is 22.8 Å². The van der Waals surface area contributed by atoms with E-state index in [1.54, 1.807) is 6.20 Å². The molecule has 2 aromatic carbocycles. The van der Waals surface area contributed by atoms with Crippen molar-refractivity contribution in [1.82, 2.24) is 25.2 Å². The molecule has 6 heterocycles. The fourth-order valence-corrected chi connectivity index (χ4v) is 8.23. The summed E-state index contributed by atoms with van der Waals surface area (Å²) in [6.07, 6.45) is 8.71. The quantitative estimate of drug-likeness (QED) is 0.314. The second kappa shape index (κ2) is 9.60. The van der Waals surface area contributed by atoms with Crippen LogP contribution in [0.15, 0.2) is 47.1 Å². The second-order valence-electron chi connectivity index (χ2n) is 11.9. The van der Waals surface area contributed by atoms with E-state index >= 15 is 4.39 Å². The zero-order chi connectivity index (χ0) is 26.8. The third-order valence-corrected chi connectivity index (χ3v) is 10.2. The molecule has 4 saturated heterocycles. The first kappa shape index (κ1) is 24.9. The molecule has 0 radical (unpaired) electrons. The number of halogens is 2. The molecule has 40 heavy (non-hydrogen) atoms. The molecule has 0 aliphatic carbocycles. The van der Waals surface area contributed by atoms with Gasteiger partial charge in [0, 0.05) is 46.8 Å². The van der Waals surface area contributed by atoms with E-state index in [4.69, 9.17) is 19.7 Å². The number of rotatable bonds is 5. The number of ether oxygens (including phenoxy) is 1. The van der Waals surface area contributed by atoms with Crippen molar-refractivity contribution in [1.29, 1.82) is 0 Å². The van der Waals surface area contributed by atoms with Gasteiger partial charge in [0.2, 0.25) is 0 Å². The molecule has 4 aromatic rings. The predicted molar refractivity (Wildman–Crippen MR) is 158 cm³/mol. The van der Waals surface area contributed by atoms with Gasteiger partial charge in [-0.15, -0.1) is 0 Å². The van der Waals surface area contributed by atoms with Crippen molar-refractivity contribution < 1.29 is 9.13 Å². The highest BCUT2D eigenvalue weighted by molar-refractivity contribution is 9.10. The topological polar surface area (TPSA) is 66.4 Å². The molecule has 2 aromatic heterocycles. The summed E-state index contributed by atoms with van der Waals surface area (Å²) in [6, 6.07) is 13.0. The number of aromatic nitrogens is 3. The van der Waals surface area contributed by atoms with Crippen molar-refractivity contribution in [2.24, 2.45) is 0 Å². The molecule has 0 amide bonds. The average Bonchev–Trinajstić information content (AvgIpc) is 3.65. The van der Waals surface area contributed by atoms with E-state index in [9.17, 15) is 0 Å². The number of fused-ring (bicyclic) bond motifs is 5. The highest BCUT2D eigenvalue weighted by Gasteiger charge is 2.45. The first-order valence-corrected chi connectivity index (χ1v) is 15.3. The Morgan fingerprint density at radius 1 is 1.02 bits per heavy atom. The lowest BCUT2D eigenvalue weighted by atomic mass is 9.95. The first-order chi connectivity index (χ1) is 19.6. The Morgan fingerprint density at radius 2 is 1.77 bits per heavy atom. The first-order valence-electron chi connectivity index (χ1n) is 14.5. The molecule has 4 aliphatic heterocycles. The summed E-state index contributed by atoms with van der Waals surface area (Å²) in [6.45, 7) is 4.46. The van der Waals surface area contributed by atoms with E-state index in [1.165, 1.54) is 12.8 Å². The molecular weight excluding hydrogens is 571 g/mol. The number of hydrogen-bond acceptors (Lipinski definition) is 7.